The predicted molar refractivity (Wildman–Crippen MR) is 117 cm³/mol. The van der Waals surface area contributed by atoms with Crippen LogP contribution in [-0.4, -0.2) is 64.3 Å². The summed E-state index contributed by atoms with van der Waals surface area (Å²) in [4.78, 5) is 40.8. The zero-order valence-corrected chi connectivity index (χ0v) is 18.0. The monoisotopic (exact) mass is 427 g/mol. The Hall–Kier alpha value is -2.58. The summed E-state index contributed by atoms with van der Waals surface area (Å²) in [6.45, 7) is 6.89. The van der Waals surface area contributed by atoms with Crippen molar-refractivity contribution < 1.29 is 19.1 Å². The molecule has 2 aliphatic rings. The van der Waals surface area contributed by atoms with Gasteiger partial charge >= 0.3 is 0 Å². The van der Waals surface area contributed by atoms with Gasteiger partial charge in [-0.05, 0) is 29.8 Å². The van der Waals surface area contributed by atoms with E-state index in [1.807, 2.05) is 24.4 Å². The number of hydrogen-bond donors (Lipinski definition) is 0. The summed E-state index contributed by atoms with van der Waals surface area (Å²) in [5.41, 5.74) is 2.00. The molecule has 3 heterocycles. The molecule has 3 amide bonds. The summed E-state index contributed by atoms with van der Waals surface area (Å²) in [6.07, 6.45) is 3.79. The van der Waals surface area contributed by atoms with Gasteiger partial charge in [-0.3, -0.25) is 19.3 Å². The Bertz CT molecular complexity index is 1020. The molecule has 4 rings (SSSR count). The van der Waals surface area contributed by atoms with Gasteiger partial charge in [-0.25, -0.2) is 0 Å². The highest BCUT2D eigenvalue weighted by Gasteiger charge is 2.37. The molecular weight excluding hydrogens is 402 g/mol. The molecule has 2 saturated heterocycles. The molecule has 0 spiro atoms. The van der Waals surface area contributed by atoms with Crippen LogP contribution in [0.25, 0.3) is 17.0 Å². The normalized spacial score (nSPS) is 19.0. The molecule has 0 aliphatic carbocycles. The van der Waals surface area contributed by atoms with E-state index in [-0.39, 0.29) is 12.5 Å². The number of fused-ring (bicyclic) bond motifs is 1. The number of amides is 3. The molecule has 2 aliphatic heterocycles. The molecular formula is C22H25N3O4S. The molecule has 1 aromatic heterocycles. The third-order valence-corrected chi connectivity index (χ3v) is 6.11. The largest absolute Gasteiger partial charge is 0.378 e. The van der Waals surface area contributed by atoms with Gasteiger partial charge in [0, 0.05) is 42.3 Å². The van der Waals surface area contributed by atoms with E-state index in [4.69, 9.17) is 4.74 Å². The van der Waals surface area contributed by atoms with Gasteiger partial charge in [0.1, 0.15) is 6.54 Å². The fraction of sp³-hybridized carbons (Fsp3) is 0.409. The maximum atomic E-state index is 12.9. The lowest BCUT2D eigenvalue weighted by molar-refractivity contribution is -0.139. The molecule has 0 bridgehead atoms. The van der Waals surface area contributed by atoms with Crippen LogP contribution in [0.15, 0.2) is 35.4 Å². The fourth-order valence-corrected chi connectivity index (χ4v) is 4.59. The molecule has 0 radical (unpaired) electrons. The summed E-state index contributed by atoms with van der Waals surface area (Å²) in [5.74, 6) is -0.158. The smallest absolute Gasteiger partial charge is 0.294 e. The first kappa shape index (κ1) is 20.7. The number of carbonyl (C=O) groups excluding carboxylic acids is 3. The number of rotatable bonds is 5. The molecule has 8 heteroatoms. The molecule has 7 nitrogen and oxygen atoms in total. The van der Waals surface area contributed by atoms with Gasteiger partial charge in [-0.2, -0.15) is 0 Å². The van der Waals surface area contributed by atoms with E-state index in [1.165, 1.54) is 0 Å². The number of carbonyl (C=O) groups is 3. The van der Waals surface area contributed by atoms with Gasteiger partial charge in [-0.15, -0.1) is 0 Å². The van der Waals surface area contributed by atoms with E-state index in [1.54, 1.807) is 11.0 Å². The van der Waals surface area contributed by atoms with E-state index < -0.39 is 11.1 Å². The number of nitrogens with zero attached hydrogens (tertiary/aromatic N) is 3. The second-order valence-electron chi connectivity index (χ2n) is 7.91. The van der Waals surface area contributed by atoms with Crippen molar-refractivity contribution in [2.75, 3.05) is 32.8 Å². The van der Waals surface area contributed by atoms with E-state index in [0.717, 1.165) is 39.7 Å². The van der Waals surface area contributed by atoms with Crippen molar-refractivity contribution in [3.05, 3.63) is 40.9 Å². The number of morpholine rings is 1. The minimum Gasteiger partial charge on any atom is -0.378 e. The van der Waals surface area contributed by atoms with Crippen molar-refractivity contribution in [3.8, 4) is 0 Å². The first-order chi connectivity index (χ1) is 14.4. The summed E-state index contributed by atoms with van der Waals surface area (Å²) in [6, 6.07) is 8.03. The van der Waals surface area contributed by atoms with E-state index >= 15 is 0 Å². The van der Waals surface area contributed by atoms with Crippen LogP contribution in [-0.2, 0) is 20.9 Å². The van der Waals surface area contributed by atoms with Gasteiger partial charge in [0.2, 0.25) is 5.91 Å². The zero-order chi connectivity index (χ0) is 21.3. The van der Waals surface area contributed by atoms with Crippen LogP contribution in [0.4, 0.5) is 4.79 Å². The highest BCUT2D eigenvalue weighted by Crippen LogP contribution is 2.34. The first-order valence-corrected chi connectivity index (χ1v) is 10.9. The third-order valence-electron chi connectivity index (χ3n) is 5.20. The fourth-order valence-electron chi connectivity index (χ4n) is 3.76. The number of ether oxygens (including phenoxy) is 1. The Morgan fingerprint density at radius 1 is 1.20 bits per heavy atom. The lowest BCUT2D eigenvalue weighted by atomic mass is 10.1. The molecule has 158 valence electrons. The number of para-hydroxylation sites is 1. The van der Waals surface area contributed by atoms with Crippen molar-refractivity contribution in [3.63, 3.8) is 0 Å². The lowest BCUT2D eigenvalue weighted by Crippen LogP contribution is -2.46. The number of hydrogen-bond acceptors (Lipinski definition) is 5. The number of aromatic nitrogens is 1. The number of benzene rings is 1. The molecule has 0 atom stereocenters. The van der Waals surface area contributed by atoms with Crippen LogP contribution in [0.2, 0.25) is 0 Å². The molecule has 0 saturated carbocycles. The van der Waals surface area contributed by atoms with Gasteiger partial charge in [0.15, 0.2) is 0 Å². The average Bonchev–Trinajstić information content (AvgIpc) is 3.20. The van der Waals surface area contributed by atoms with Crippen LogP contribution < -0.4 is 0 Å². The minimum absolute atomic E-state index is 0.225. The highest BCUT2D eigenvalue weighted by atomic mass is 32.2. The number of imide groups is 1. The quantitative estimate of drug-likeness (QED) is 0.686. The molecule has 0 unspecified atom stereocenters. The second-order valence-corrected chi connectivity index (χ2v) is 8.90. The van der Waals surface area contributed by atoms with Crippen molar-refractivity contribution in [1.29, 1.82) is 0 Å². The van der Waals surface area contributed by atoms with E-state index in [9.17, 15) is 14.4 Å². The number of thioether (sulfide) groups is 1. The third kappa shape index (κ3) is 4.15. The second kappa shape index (κ2) is 8.65. The SMILES string of the molecule is CC(C)Cn1cc(/C=C2\SC(=O)N(CC(=O)N3CCOCC3)C2=O)c2ccccc21. The van der Waals surface area contributed by atoms with E-state index in [0.29, 0.717) is 37.1 Å². The van der Waals surface area contributed by atoms with Crippen LogP contribution in [0.3, 0.4) is 0 Å². The van der Waals surface area contributed by atoms with Crippen LogP contribution >= 0.6 is 11.8 Å². The van der Waals surface area contributed by atoms with Crippen molar-refractivity contribution in [1.82, 2.24) is 14.4 Å². The minimum atomic E-state index is -0.410. The van der Waals surface area contributed by atoms with E-state index in [2.05, 4.69) is 24.5 Å². The maximum Gasteiger partial charge on any atom is 0.294 e. The Labute approximate surface area is 179 Å². The van der Waals surface area contributed by atoms with Crippen LogP contribution in [0, 0.1) is 5.92 Å². The Morgan fingerprint density at radius 2 is 1.93 bits per heavy atom. The predicted octanol–water partition coefficient (Wildman–Crippen LogP) is 3.19. The summed E-state index contributed by atoms with van der Waals surface area (Å²) in [7, 11) is 0. The van der Waals surface area contributed by atoms with Crippen molar-refractivity contribution in [2.24, 2.45) is 5.92 Å². The molecule has 0 N–H and O–H groups in total. The maximum absolute atomic E-state index is 12.9. The van der Waals surface area contributed by atoms with Crippen LogP contribution in [0.1, 0.15) is 19.4 Å². The summed E-state index contributed by atoms with van der Waals surface area (Å²) < 4.78 is 7.43. The molecule has 30 heavy (non-hydrogen) atoms. The Balaban J connectivity index is 1.57. The topological polar surface area (TPSA) is 71.8 Å². The van der Waals surface area contributed by atoms with Gasteiger partial charge in [-0.1, -0.05) is 32.0 Å². The van der Waals surface area contributed by atoms with Gasteiger partial charge in [0.25, 0.3) is 11.1 Å². The van der Waals surface area contributed by atoms with Gasteiger partial charge in [0.05, 0.1) is 18.1 Å². The van der Waals surface area contributed by atoms with Crippen molar-refractivity contribution >= 4 is 45.8 Å². The first-order valence-electron chi connectivity index (χ1n) is 10.1. The van der Waals surface area contributed by atoms with Gasteiger partial charge < -0.3 is 14.2 Å². The molecule has 2 aromatic rings. The lowest BCUT2D eigenvalue weighted by Gasteiger charge is -2.28. The zero-order valence-electron chi connectivity index (χ0n) is 17.2. The van der Waals surface area contributed by atoms with Crippen LogP contribution in [0.5, 0.6) is 0 Å². The summed E-state index contributed by atoms with van der Waals surface area (Å²) in [5, 5.41) is 0.633. The standard InChI is InChI=1S/C22H25N3O4S/c1-15(2)12-24-13-16(17-5-3-4-6-18(17)24)11-19-21(27)25(22(28)30-19)14-20(26)23-7-9-29-10-8-23/h3-6,11,13,15H,7-10,12,14H2,1-2H3/b19-11-. The Morgan fingerprint density at radius 3 is 2.67 bits per heavy atom. The highest BCUT2D eigenvalue weighted by molar-refractivity contribution is 8.18. The van der Waals surface area contributed by atoms with Crippen molar-refractivity contribution in [2.45, 2.75) is 20.4 Å². The average molecular weight is 428 g/mol. The summed E-state index contributed by atoms with van der Waals surface area (Å²) >= 11 is 0.891. The molecule has 2 fully saturated rings. The molecule has 1 aromatic carbocycles. The Kier molecular flexibility index (Phi) is 5.97.